The fourth-order valence-corrected chi connectivity index (χ4v) is 2.66. The maximum Gasteiger partial charge on any atom is 0.142 e. The van der Waals surface area contributed by atoms with Crippen molar-refractivity contribution in [2.45, 2.75) is 6.61 Å². The highest BCUT2D eigenvalue weighted by Gasteiger charge is 2.04. The van der Waals surface area contributed by atoms with Gasteiger partial charge >= 0.3 is 0 Å². The SMILES string of the molecule is Fc1ccc(NCCNc2ccccc2OCc2ccccc2)cc1Cl. The first-order chi connectivity index (χ1) is 12.7. The minimum atomic E-state index is -0.417. The van der Waals surface area contributed by atoms with Gasteiger partial charge in [-0.2, -0.15) is 0 Å². The van der Waals surface area contributed by atoms with Crippen LogP contribution in [0, 0.1) is 5.82 Å². The molecule has 0 aliphatic carbocycles. The molecule has 0 heterocycles. The molecule has 0 bridgehead atoms. The molecular weight excluding hydrogens is 351 g/mol. The molecule has 0 aliphatic rings. The van der Waals surface area contributed by atoms with E-state index < -0.39 is 5.82 Å². The predicted octanol–water partition coefficient (Wildman–Crippen LogP) is 5.58. The summed E-state index contributed by atoms with van der Waals surface area (Å²) in [6.07, 6.45) is 0. The van der Waals surface area contributed by atoms with Crippen LogP contribution in [-0.2, 0) is 6.61 Å². The molecule has 0 radical (unpaired) electrons. The Balaban J connectivity index is 1.50. The Morgan fingerprint density at radius 1 is 0.846 bits per heavy atom. The molecule has 0 aliphatic heterocycles. The number of hydrogen-bond donors (Lipinski definition) is 2. The van der Waals surface area contributed by atoms with Crippen molar-refractivity contribution < 1.29 is 9.13 Å². The second-order valence-electron chi connectivity index (χ2n) is 5.75. The molecule has 3 nitrogen and oxygen atoms in total. The van der Waals surface area contributed by atoms with Gasteiger partial charge in [-0.15, -0.1) is 0 Å². The first-order valence-electron chi connectivity index (χ1n) is 8.41. The quantitative estimate of drug-likeness (QED) is 0.508. The molecule has 0 spiro atoms. The average Bonchev–Trinajstić information content (AvgIpc) is 2.68. The number of rotatable bonds is 8. The van der Waals surface area contributed by atoms with Crippen LogP contribution in [0.3, 0.4) is 0 Å². The first kappa shape index (κ1) is 18.1. The predicted molar refractivity (Wildman–Crippen MR) is 106 cm³/mol. The summed E-state index contributed by atoms with van der Waals surface area (Å²) in [6, 6.07) is 22.5. The van der Waals surface area contributed by atoms with Gasteiger partial charge in [0.05, 0.1) is 10.7 Å². The Morgan fingerprint density at radius 3 is 2.38 bits per heavy atom. The molecule has 0 amide bonds. The third-order valence-corrected chi connectivity index (χ3v) is 4.10. The van der Waals surface area contributed by atoms with Crippen LogP contribution >= 0.6 is 11.6 Å². The van der Waals surface area contributed by atoms with Crippen LogP contribution in [0.2, 0.25) is 5.02 Å². The topological polar surface area (TPSA) is 33.3 Å². The van der Waals surface area contributed by atoms with E-state index >= 15 is 0 Å². The number of anilines is 2. The molecule has 0 aromatic heterocycles. The highest BCUT2D eigenvalue weighted by Crippen LogP contribution is 2.24. The van der Waals surface area contributed by atoms with Crippen molar-refractivity contribution in [1.29, 1.82) is 0 Å². The van der Waals surface area contributed by atoms with E-state index in [1.807, 2.05) is 54.6 Å². The summed E-state index contributed by atoms with van der Waals surface area (Å²) < 4.78 is 19.1. The minimum Gasteiger partial charge on any atom is -0.487 e. The summed E-state index contributed by atoms with van der Waals surface area (Å²) in [7, 11) is 0. The zero-order valence-corrected chi connectivity index (χ0v) is 15.0. The minimum absolute atomic E-state index is 0.114. The lowest BCUT2D eigenvalue weighted by molar-refractivity contribution is 0.307. The van der Waals surface area contributed by atoms with Crippen molar-refractivity contribution in [3.05, 3.63) is 89.2 Å². The molecule has 0 atom stereocenters. The first-order valence-corrected chi connectivity index (χ1v) is 8.79. The van der Waals surface area contributed by atoms with Gasteiger partial charge in [0.25, 0.3) is 0 Å². The lowest BCUT2D eigenvalue weighted by Crippen LogP contribution is -2.14. The molecule has 2 N–H and O–H groups in total. The van der Waals surface area contributed by atoms with E-state index in [4.69, 9.17) is 16.3 Å². The van der Waals surface area contributed by atoms with E-state index in [0.717, 1.165) is 22.7 Å². The molecule has 3 aromatic carbocycles. The molecule has 3 rings (SSSR count). The van der Waals surface area contributed by atoms with E-state index in [0.29, 0.717) is 19.7 Å². The highest BCUT2D eigenvalue weighted by atomic mass is 35.5. The van der Waals surface area contributed by atoms with Crippen molar-refractivity contribution >= 4 is 23.0 Å². The number of nitrogens with one attached hydrogen (secondary N) is 2. The third-order valence-electron chi connectivity index (χ3n) is 3.81. The van der Waals surface area contributed by atoms with E-state index in [1.165, 1.54) is 6.07 Å². The number of benzene rings is 3. The Bertz CT molecular complexity index is 842. The van der Waals surface area contributed by atoms with Crippen LogP contribution in [0.1, 0.15) is 5.56 Å². The summed E-state index contributed by atoms with van der Waals surface area (Å²) in [5, 5.41) is 6.67. The normalized spacial score (nSPS) is 10.4. The summed E-state index contributed by atoms with van der Waals surface area (Å²) in [6.45, 7) is 1.86. The van der Waals surface area contributed by atoms with Crippen LogP contribution in [0.15, 0.2) is 72.8 Å². The molecule has 134 valence electrons. The van der Waals surface area contributed by atoms with Gasteiger partial charge in [0.1, 0.15) is 18.2 Å². The van der Waals surface area contributed by atoms with Crippen LogP contribution in [0.5, 0.6) is 5.75 Å². The monoisotopic (exact) mass is 370 g/mol. The zero-order chi connectivity index (χ0) is 18.2. The Labute approximate surface area is 157 Å². The molecule has 0 fully saturated rings. The van der Waals surface area contributed by atoms with E-state index in [2.05, 4.69) is 10.6 Å². The standard InChI is InChI=1S/C21H20ClFN2O/c22-18-14-17(10-11-19(18)23)24-12-13-25-20-8-4-5-9-21(20)26-15-16-6-2-1-3-7-16/h1-11,14,24-25H,12-13,15H2. The molecule has 0 unspecified atom stereocenters. The second-order valence-corrected chi connectivity index (χ2v) is 6.16. The third kappa shape index (κ3) is 5.14. The van der Waals surface area contributed by atoms with Gasteiger partial charge in [0, 0.05) is 18.8 Å². The maximum atomic E-state index is 13.2. The van der Waals surface area contributed by atoms with Crippen molar-refractivity contribution in [3.8, 4) is 5.75 Å². The van der Waals surface area contributed by atoms with Crippen LogP contribution in [-0.4, -0.2) is 13.1 Å². The maximum absolute atomic E-state index is 13.2. The fourth-order valence-electron chi connectivity index (χ4n) is 2.48. The van der Waals surface area contributed by atoms with Gasteiger partial charge in [-0.1, -0.05) is 54.1 Å². The number of hydrogen-bond acceptors (Lipinski definition) is 3. The Morgan fingerprint density at radius 2 is 1.58 bits per heavy atom. The molecule has 3 aromatic rings. The van der Waals surface area contributed by atoms with Gasteiger partial charge in [-0.3, -0.25) is 0 Å². The van der Waals surface area contributed by atoms with Gasteiger partial charge in [0.15, 0.2) is 0 Å². The van der Waals surface area contributed by atoms with Crippen LogP contribution < -0.4 is 15.4 Å². The van der Waals surface area contributed by atoms with Crippen molar-refractivity contribution in [1.82, 2.24) is 0 Å². The molecule has 0 saturated carbocycles. The van der Waals surface area contributed by atoms with Gasteiger partial charge in [0.2, 0.25) is 0 Å². The number of ether oxygens (including phenoxy) is 1. The summed E-state index contributed by atoms with van der Waals surface area (Å²) >= 11 is 5.78. The van der Waals surface area contributed by atoms with Crippen molar-refractivity contribution in [2.75, 3.05) is 23.7 Å². The van der Waals surface area contributed by atoms with Gasteiger partial charge < -0.3 is 15.4 Å². The number of halogens is 2. The van der Waals surface area contributed by atoms with Crippen molar-refractivity contribution in [2.24, 2.45) is 0 Å². The zero-order valence-electron chi connectivity index (χ0n) is 14.2. The molecule has 0 saturated heterocycles. The lowest BCUT2D eigenvalue weighted by atomic mass is 10.2. The van der Waals surface area contributed by atoms with E-state index in [1.54, 1.807) is 12.1 Å². The van der Waals surface area contributed by atoms with Crippen LogP contribution in [0.25, 0.3) is 0 Å². The average molecular weight is 371 g/mol. The Hall–Kier alpha value is -2.72. The van der Waals surface area contributed by atoms with E-state index in [-0.39, 0.29) is 5.02 Å². The second kappa shape index (κ2) is 9.11. The summed E-state index contributed by atoms with van der Waals surface area (Å²) in [4.78, 5) is 0. The van der Waals surface area contributed by atoms with E-state index in [9.17, 15) is 4.39 Å². The summed E-state index contributed by atoms with van der Waals surface area (Å²) in [5.74, 6) is 0.390. The smallest absolute Gasteiger partial charge is 0.142 e. The number of para-hydroxylation sites is 2. The van der Waals surface area contributed by atoms with Gasteiger partial charge in [-0.05, 0) is 35.9 Å². The molecule has 5 heteroatoms. The summed E-state index contributed by atoms with van der Waals surface area (Å²) in [5.41, 5.74) is 2.84. The van der Waals surface area contributed by atoms with Crippen LogP contribution in [0.4, 0.5) is 15.8 Å². The molecular formula is C21H20ClFN2O. The van der Waals surface area contributed by atoms with Gasteiger partial charge in [-0.25, -0.2) is 4.39 Å². The molecule has 26 heavy (non-hydrogen) atoms. The lowest BCUT2D eigenvalue weighted by Gasteiger charge is -2.14. The largest absolute Gasteiger partial charge is 0.487 e. The highest BCUT2D eigenvalue weighted by molar-refractivity contribution is 6.31. The van der Waals surface area contributed by atoms with Crippen molar-refractivity contribution in [3.63, 3.8) is 0 Å². The Kier molecular flexibility index (Phi) is 6.34. The fraction of sp³-hybridized carbons (Fsp3) is 0.143.